The number of amides is 1. The van der Waals surface area contributed by atoms with E-state index < -0.39 is 0 Å². The molecule has 1 amide bonds. The highest BCUT2D eigenvalue weighted by atomic mass is 16.1. The summed E-state index contributed by atoms with van der Waals surface area (Å²) in [5, 5.41) is 3.95. The zero-order chi connectivity index (χ0) is 14.7. The molecule has 0 aliphatic rings. The van der Waals surface area contributed by atoms with E-state index in [0.29, 0.717) is 12.1 Å². The molecular weight excluding hydrogens is 262 g/mol. The summed E-state index contributed by atoms with van der Waals surface area (Å²) in [7, 11) is 0. The number of rotatable bonds is 4. The summed E-state index contributed by atoms with van der Waals surface area (Å²) in [5.41, 5.74) is 3.60. The van der Waals surface area contributed by atoms with Crippen molar-refractivity contribution in [1.82, 2.24) is 15.3 Å². The number of carbonyl (C=O) groups is 1. The number of benzene rings is 1. The van der Waals surface area contributed by atoms with E-state index >= 15 is 0 Å². The lowest BCUT2D eigenvalue weighted by atomic mass is 10.1. The number of carbonyl (C=O) groups excluding carboxylic acids is 1. The van der Waals surface area contributed by atoms with Gasteiger partial charge in [-0.1, -0.05) is 19.1 Å². The van der Waals surface area contributed by atoms with Crippen LogP contribution in [0.2, 0.25) is 0 Å². The molecule has 2 heterocycles. The van der Waals surface area contributed by atoms with Crippen molar-refractivity contribution >= 4 is 16.9 Å². The van der Waals surface area contributed by atoms with Gasteiger partial charge in [0.05, 0.1) is 0 Å². The van der Waals surface area contributed by atoms with Crippen LogP contribution >= 0.6 is 0 Å². The van der Waals surface area contributed by atoms with Crippen LogP contribution < -0.4 is 5.32 Å². The monoisotopic (exact) mass is 279 g/mol. The van der Waals surface area contributed by atoms with Gasteiger partial charge in [0.1, 0.15) is 5.65 Å². The van der Waals surface area contributed by atoms with Crippen LogP contribution in [0.5, 0.6) is 0 Å². The van der Waals surface area contributed by atoms with Crippen LogP contribution in [0.4, 0.5) is 0 Å². The van der Waals surface area contributed by atoms with Gasteiger partial charge in [-0.2, -0.15) is 0 Å². The maximum absolute atomic E-state index is 11.9. The first-order chi connectivity index (χ1) is 10.3. The molecule has 0 aliphatic heterocycles. The lowest BCUT2D eigenvalue weighted by Crippen LogP contribution is -2.23. The van der Waals surface area contributed by atoms with Gasteiger partial charge in [-0.15, -0.1) is 0 Å². The van der Waals surface area contributed by atoms with Crippen molar-refractivity contribution in [2.24, 2.45) is 0 Å². The molecule has 0 saturated heterocycles. The van der Waals surface area contributed by atoms with Crippen molar-refractivity contribution in [2.75, 3.05) is 6.54 Å². The number of nitrogens with zero attached hydrogens (tertiary/aromatic N) is 1. The maximum atomic E-state index is 11.9. The van der Waals surface area contributed by atoms with Crippen molar-refractivity contribution in [3.05, 3.63) is 54.2 Å². The Hall–Kier alpha value is -2.62. The second-order valence-corrected chi connectivity index (χ2v) is 4.96. The Labute approximate surface area is 123 Å². The minimum Gasteiger partial charge on any atom is -0.352 e. The van der Waals surface area contributed by atoms with Crippen LogP contribution in [-0.4, -0.2) is 22.4 Å². The Morgan fingerprint density at radius 1 is 1.24 bits per heavy atom. The lowest BCUT2D eigenvalue weighted by molar-refractivity contribution is 0.0953. The molecule has 106 valence electrons. The Bertz CT molecular complexity index is 726. The fourth-order valence-corrected chi connectivity index (χ4v) is 2.26. The summed E-state index contributed by atoms with van der Waals surface area (Å²) in [6, 6.07) is 13.6. The zero-order valence-corrected chi connectivity index (χ0v) is 11.9. The highest BCUT2D eigenvalue weighted by Crippen LogP contribution is 2.23. The average molecular weight is 279 g/mol. The second-order valence-electron chi connectivity index (χ2n) is 4.96. The van der Waals surface area contributed by atoms with E-state index in [9.17, 15) is 4.79 Å². The molecule has 3 rings (SSSR count). The van der Waals surface area contributed by atoms with E-state index in [1.807, 2.05) is 43.3 Å². The highest BCUT2D eigenvalue weighted by Gasteiger charge is 2.07. The topological polar surface area (TPSA) is 57.8 Å². The van der Waals surface area contributed by atoms with Crippen LogP contribution in [-0.2, 0) is 0 Å². The number of aromatic amines is 1. The largest absolute Gasteiger partial charge is 0.352 e. The van der Waals surface area contributed by atoms with Gasteiger partial charge in [-0.3, -0.25) is 4.79 Å². The summed E-state index contributed by atoms with van der Waals surface area (Å²) in [6.07, 6.45) is 2.70. The van der Waals surface area contributed by atoms with Crippen molar-refractivity contribution in [1.29, 1.82) is 0 Å². The number of hydrogen-bond acceptors (Lipinski definition) is 2. The molecular formula is C17H17N3O. The maximum Gasteiger partial charge on any atom is 0.251 e. The molecule has 2 aromatic heterocycles. The predicted molar refractivity (Wildman–Crippen MR) is 84.2 cm³/mol. The smallest absolute Gasteiger partial charge is 0.251 e. The SMILES string of the molecule is CCCNC(=O)c1ccc(-c2cc3cccnc3[nH]2)cc1. The molecule has 0 aliphatic carbocycles. The second kappa shape index (κ2) is 5.79. The van der Waals surface area contributed by atoms with E-state index in [-0.39, 0.29) is 5.91 Å². The first kappa shape index (κ1) is 13.4. The molecule has 3 aromatic rings. The van der Waals surface area contributed by atoms with E-state index in [1.165, 1.54) is 0 Å². The van der Waals surface area contributed by atoms with Gasteiger partial charge in [0.15, 0.2) is 0 Å². The fraction of sp³-hybridized carbons (Fsp3) is 0.176. The van der Waals surface area contributed by atoms with Crippen LogP contribution in [0.1, 0.15) is 23.7 Å². The highest BCUT2D eigenvalue weighted by molar-refractivity contribution is 5.94. The van der Waals surface area contributed by atoms with Gasteiger partial charge in [0, 0.05) is 29.4 Å². The van der Waals surface area contributed by atoms with Crippen molar-refractivity contribution in [3.63, 3.8) is 0 Å². The summed E-state index contributed by atoms with van der Waals surface area (Å²) < 4.78 is 0. The van der Waals surface area contributed by atoms with Gasteiger partial charge in [0.2, 0.25) is 0 Å². The summed E-state index contributed by atoms with van der Waals surface area (Å²) >= 11 is 0. The van der Waals surface area contributed by atoms with E-state index in [2.05, 4.69) is 21.4 Å². The number of aromatic nitrogens is 2. The standard InChI is InChI=1S/C17H17N3O/c1-2-9-19-17(21)13-7-5-12(6-8-13)15-11-14-4-3-10-18-16(14)20-15/h3-8,10-11H,2,9H2,1H3,(H,18,20)(H,19,21). The molecule has 0 saturated carbocycles. The van der Waals surface area contributed by atoms with E-state index in [1.54, 1.807) is 6.20 Å². The Kier molecular flexibility index (Phi) is 3.69. The summed E-state index contributed by atoms with van der Waals surface area (Å²) in [5.74, 6) is -0.0262. The third-order valence-electron chi connectivity index (χ3n) is 3.39. The van der Waals surface area contributed by atoms with Gasteiger partial charge < -0.3 is 10.3 Å². The van der Waals surface area contributed by atoms with Crippen LogP contribution in [0.15, 0.2) is 48.7 Å². The number of fused-ring (bicyclic) bond motifs is 1. The van der Waals surface area contributed by atoms with Gasteiger partial charge in [0.25, 0.3) is 5.91 Å². The molecule has 4 nitrogen and oxygen atoms in total. The Balaban J connectivity index is 1.85. The summed E-state index contributed by atoms with van der Waals surface area (Å²) in [4.78, 5) is 19.4. The van der Waals surface area contributed by atoms with Crippen LogP contribution in [0, 0.1) is 0 Å². The lowest BCUT2D eigenvalue weighted by Gasteiger charge is -2.04. The summed E-state index contributed by atoms with van der Waals surface area (Å²) in [6.45, 7) is 2.74. The number of H-pyrrole nitrogens is 1. The van der Waals surface area contributed by atoms with Crippen LogP contribution in [0.25, 0.3) is 22.3 Å². The van der Waals surface area contributed by atoms with Crippen LogP contribution in [0.3, 0.4) is 0 Å². The molecule has 0 atom stereocenters. The molecule has 0 fully saturated rings. The van der Waals surface area contributed by atoms with Crippen molar-refractivity contribution in [2.45, 2.75) is 13.3 Å². The molecule has 0 unspecified atom stereocenters. The predicted octanol–water partition coefficient (Wildman–Crippen LogP) is 3.37. The first-order valence-electron chi connectivity index (χ1n) is 7.10. The minimum atomic E-state index is -0.0262. The molecule has 0 radical (unpaired) electrons. The van der Waals surface area contributed by atoms with E-state index in [0.717, 1.165) is 28.7 Å². The Morgan fingerprint density at radius 2 is 2.05 bits per heavy atom. The minimum absolute atomic E-state index is 0.0262. The third kappa shape index (κ3) is 2.79. The number of pyridine rings is 1. The molecule has 4 heteroatoms. The van der Waals surface area contributed by atoms with Crippen molar-refractivity contribution in [3.8, 4) is 11.3 Å². The molecule has 2 N–H and O–H groups in total. The molecule has 1 aromatic carbocycles. The number of hydrogen-bond donors (Lipinski definition) is 2. The van der Waals surface area contributed by atoms with E-state index in [4.69, 9.17) is 0 Å². The Morgan fingerprint density at radius 3 is 2.76 bits per heavy atom. The van der Waals surface area contributed by atoms with Gasteiger partial charge >= 0.3 is 0 Å². The average Bonchev–Trinajstić information content (AvgIpc) is 2.96. The molecule has 0 bridgehead atoms. The van der Waals surface area contributed by atoms with Crippen molar-refractivity contribution < 1.29 is 4.79 Å². The zero-order valence-electron chi connectivity index (χ0n) is 11.9. The number of nitrogens with one attached hydrogen (secondary N) is 2. The fourth-order valence-electron chi connectivity index (χ4n) is 2.26. The quantitative estimate of drug-likeness (QED) is 0.769. The molecule has 21 heavy (non-hydrogen) atoms. The third-order valence-corrected chi connectivity index (χ3v) is 3.39. The van der Waals surface area contributed by atoms with Gasteiger partial charge in [-0.25, -0.2) is 4.98 Å². The molecule has 0 spiro atoms. The van der Waals surface area contributed by atoms with Gasteiger partial charge in [-0.05, 0) is 42.3 Å². The normalized spacial score (nSPS) is 10.7. The first-order valence-corrected chi connectivity index (χ1v) is 7.10.